The number of rotatable bonds is 6. The van der Waals surface area contributed by atoms with Gasteiger partial charge in [0, 0.05) is 6.42 Å². The molecule has 0 aliphatic rings. The van der Waals surface area contributed by atoms with Crippen molar-refractivity contribution in [2.45, 2.75) is 45.3 Å². The third-order valence-electron chi connectivity index (χ3n) is 1.71. The van der Waals surface area contributed by atoms with Crippen LogP contribution in [0, 0.1) is 0 Å². The van der Waals surface area contributed by atoms with Gasteiger partial charge in [0.25, 0.3) is 0 Å². The standard InChI is InChI=1S/C10H19NO6S/c1-10(2,3)17-8(12)6-5-7(9(13)14)11-18(4,15)16/h7,11H,5-6H2,1-4H3,(H,13,14)/t7-/m1/s1. The Balaban J connectivity index is 4.38. The van der Waals surface area contributed by atoms with Crippen molar-refractivity contribution in [3.63, 3.8) is 0 Å². The Morgan fingerprint density at radius 1 is 1.33 bits per heavy atom. The maximum absolute atomic E-state index is 11.4. The van der Waals surface area contributed by atoms with Crippen molar-refractivity contribution in [3.8, 4) is 0 Å². The molecule has 0 saturated carbocycles. The molecule has 0 unspecified atom stereocenters. The molecule has 2 N–H and O–H groups in total. The number of esters is 1. The Morgan fingerprint density at radius 3 is 2.17 bits per heavy atom. The number of ether oxygens (including phenoxy) is 1. The summed E-state index contributed by atoms with van der Waals surface area (Å²) in [5, 5.41) is 8.80. The van der Waals surface area contributed by atoms with Crippen LogP contribution in [0.25, 0.3) is 0 Å². The second-order valence-electron chi connectivity index (χ2n) is 4.91. The smallest absolute Gasteiger partial charge is 0.321 e. The predicted octanol–water partition coefficient (Wildman–Crippen LogP) is 0.111. The van der Waals surface area contributed by atoms with Gasteiger partial charge >= 0.3 is 11.9 Å². The summed E-state index contributed by atoms with van der Waals surface area (Å²) in [7, 11) is -3.63. The van der Waals surface area contributed by atoms with E-state index >= 15 is 0 Å². The number of nitrogens with one attached hydrogen (secondary N) is 1. The molecule has 0 saturated heterocycles. The van der Waals surface area contributed by atoms with Crippen LogP contribution >= 0.6 is 0 Å². The van der Waals surface area contributed by atoms with Gasteiger partial charge in [0.05, 0.1) is 6.26 Å². The molecule has 1 atom stereocenters. The number of carbonyl (C=O) groups excluding carboxylic acids is 1. The number of hydrogen-bond acceptors (Lipinski definition) is 5. The molecule has 8 heteroatoms. The summed E-state index contributed by atoms with van der Waals surface area (Å²) in [5.74, 6) is -1.90. The van der Waals surface area contributed by atoms with E-state index in [-0.39, 0.29) is 12.8 Å². The molecule has 106 valence electrons. The zero-order chi connectivity index (χ0) is 14.6. The summed E-state index contributed by atoms with van der Waals surface area (Å²) < 4.78 is 28.8. The van der Waals surface area contributed by atoms with Crippen LogP contribution in [0.1, 0.15) is 33.6 Å². The van der Waals surface area contributed by atoms with Crippen molar-refractivity contribution in [3.05, 3.63) is 0 Å². The van der Waals surface area contributed by atoms with Gasteiger partial charge in [-0.25, -0.2) is 13.1 Å². The Kier molecular flexibility index (Phi) is 5.75. The van der Waals surface area contributed by atoms with Gasteiger partial charge < -0.3 is 9.84 Å². The minimum absolute atomic E-state index is 0.155. The molecule has 0 rings (SSSR count). The lowest BCUT2D eigenvalue weighted by atomic mass is 10.1. The third-order valence-corrected chi connectivity index (χ3v) is 2.42. The number of carboxylic acid groups (broad SMARTS) is 1. The zero-order valence-corrected chi connectivity index (χ0v) is 11.7. The first-order valence-electron chi connectivity index (χ1n) is 5.32. The molecule has 0 fully saturated rings. The van der Waals surface area contributed by atoms with E-state index in [0.717, 1.165) is 6.26 Å². The second kappa shape index (κ2) is 6.14. The van der Waals surface area contributed by atoms with Gasteiger partial charge in [0.15, 0.2) is 0 Å². The lowest BCUT2D eigenvalue weighted by Crippen LogP contribution is -2.40. The van der Waals surface area contributed by atoms with E-state index < -0.39 is 33.6 Å². The Morgan fingerprint density at radius 2 is 1.83 bits per heavy atom. The molecular formula is C10H19NO6S. The molecule has 0 radical (unpaired) electrons. The first-order chi connectivity index (χ1) is 7.91. The molecule has 0 amide bonds. The molecule has 0 heterocycles. The van der Waals surface area contributed by atoms with Gasteiger partial charge in [-0.15, -0.1) is 0 Å². The van der Waals surface area contributed by atoms with Crippen molar-refractivity contribution in [1.29, 1.82) is 0 Å². The quantitative estimate of drug-likeness (QED) is 0.669. The van der Waals surface area contributed by atoms with Crippen LogP contribution in [-0.4, -0.2) is 43.4 Å². The fourth-order valence-electron chi connectivity index (χ4n) is 1.15. The average Bonchev–Trinajstić information content (AvgIpc) is 2.06. The Labute approximate surface area is 107 Å². The molecule has 0 bridgehead atoms. The summed E-state index contributed by atoms with van der Waals surface area (Å²) in [5.41, 5.74) is -0.653. The minimum atomic E-state index is -3.63. The van der Waals surface area contributed by atoms with Gasteiger partial charge in [-0.3, -0.25) is 9.59 Å². The highest BCUT2D eigenvalue weighted by Gasteiger charge is 2.24. The van der Waals surface area contributed by atoms with Gasteiger partial charge in [-0.05, 0) is 27.2 Å². The van der Waals surface area contributed by atoms with Crippen LogP contribution in [-0.2, 0) is 24.3 Å². The molecule has 18 heavy (non-hydrogen) atoms. The van der Waals surface area contributed by atoms with Crippen molar-refractivity contribution in [2.24, 2.45) is 0 Å². The van der Waals surface area contributed by atoms with Crippen LogP contribution in [0.4, 0.5) is 0 Å². The number of carbonyl (C=O) groups is 2. The van der Waals surface area contributed by atoms with Crippen LogP contribution in [0.5, 0.6) is 0 Å². The summed E-state index contributed by atoms with van der Waals surface area (Å²) in [4.78, 5) is 22.2. The first-order valence-corrected chi connectivity index (χ1v) is 7.22. The first kappa shape index (κ1) is 16.9. The van der Waals surface area contributed by atoms with Crippen LogP contribution in [0.2, 0.25) is 0 Å². The highest BCUT2D eigenvalue weighted by atomic mass is 32.2. The van der Waals surface area contributed by atoms with E-state index in [1.165, 1.54) is 0 Å². The molecule has 0 aromatic heterocycles. The highest BCUT2D eigenvalue weighted by Crippen LogP contribution is 2.10. The number of carboxylic acids is 1. The normalized spacial score (nSPS) is 14.0. The second-order valence-corrected chi connectivity index (χ2v) is 6.69. The lowest BCUT2D eigenvalue weighted by Gasteiger charge is -2.20. The number of hydrogen-bond donors (Lipinski definition) is 2. The number of sulfonamides is 1. The Bertz CT molecular complexity index is 409. The van der Waals surface area contributed by atoms with Gasteiger partial charge in [-0.2, -0.15) is 0 Å². The summed E-state index contributed by atoms with van der Waals surface area (Å²) >= 11 is 0. The van der Waals surface area contributed by atoms with Gasteiger partial charge in [-0.1, -0.05) is 0 Å². The van der Waals surface area contributed by atoms with Crippen molar-refractivity contribution < 1.29 is 27.9 Å². The van der Waals surface area contributed by atoms with Crippen LogP contribution in [0.3, 0.4) is 0 Å². The monoisotopic (exact) mass is 281 g/mol. The molecule has 0 aromatic rings. The van der Waals surface area contributed by atoms with Crippen molar-refractivity contribution >= 4 is 22.0 Å². The van der Waals surface area contributed by atoms with Gasteiger partial charge in [0.1, 0.15) is 11.6 Å². The average molecular weight is 281 g/mol. The van der Waals surface area contributed by atoms with Crippen molar-refractivity contribution in [1.82, 2.24) is 4.72 Å². The maximum atomic E-state index is 11.4. The SMILES string of the molecule is CC(C)(C)OC(=O)CC[C@@H](NS(C)(=O)=O)C(=O)O. The van der Waals surface area contributed by atoms with E-state index in [4.69, 9.17) is 9.84 Å². The van der Waals surface area contributed by atoms with Crippen LogP contribution in [0.15, 0.2) is 0 Å². The van der Waals surface area contributed by atoms with Crippen LogP contribution < -0.4 is 4.72 Å². The van der Waals surface area contributed by atoms with E-state index in [2.05, 4.69) is 0 Å². The molecular weight excluding hydrogens is 262 g/mol. The fourth-order valence-corrected chi connectivity index (χ4v) is 1.88. The summed E-state index contributed by atoms with van der Waals surface area (Å²) in [6, 6.07) is -1.33. The van der Waals surface area contributed by atoms with Gasteiger partial charge in [0.2, 0.25) is 10.0 Å². The maximum Gasteiger partial charge on any atom is 0.321 e. The topological polar surface area (TPSA) is 110 Å². The highest BCUT2D eigenvalue weighted by molar-refractivity contribution is 7.88. The summed E-state index contributed by atoms with van der Waals surface area (Å²) in [6.45, 7) is 5.07. The molecule has 0 aliphatic heterocycles. The number of aliphatic carboxylic acids is 1. The summed E-state index contributed by atoms with van der Waals surface area (Å²) in [6.07, 6.45) is 0.532. The fraction of sp³-hybridized carbons (Fsp3) is 0.800. The van der Waals surface area contributed by atoms with E-state index in [1.807, 2.05) is 4.72 Å². The minimum Gasteiger partial charge on any atom is -0.480 e. The molecule has 0 aromatic carbocycles. The molecule has 0 aliphatic carbocycles. The molecule has 7 nitrogen and oxygen atoms in total. The third kappa shape index (κ3) is 8.94. The van der Waals surface area contributed by atoms with Crippen molar-refractivity contribution in [2.75, 3.05) is 6.26 Å². The predicted molar refractivity (Wildman–Crippen MR) is 64.5 cm³/mol. The zero-order valence-electron chi connectivity index (χ0n) is 10.9. The van der Waals surface area contributed by atoms with E-state index in [1.54, 1.807) is 20.8 Å². The lowest BCUT2D eigenvalue weighted by molar-refractivity contribution is -0.155. The Hall–Kier alpha value is -1.15. The van der Waals surface area contributed by atoms with E-state index in [9.17, 15) is 18.0 Å². The molecule has 0 spiro atoms. The largest absolute Gasteiger partial charge is 0.480 e. The van der Waals surface area contributed by atoms with E-state index in [0.29, 0.717) is 0 Å².